The van der Waals surface area contributed by atoms with Gasteiger partial charge in [-0.1, -0.05) is 18.2 Å². The van der Waals surface area contributed by atoms with Crippen molar-refractivity contribution in [2.24, 2.45) is 5.10 Å². The molecule has 0 unspecified atom stereocenters. The molecular formula is C15H10FN3O2. The molecule has 0 saturated heterocycles. The Morgan fingerprint density at radius 3 is 2.71 bits per heavy atom. The fourth-order valence-electron chi connectivity index (χ4n) is 1.60. The van der Waals surface area contributed by atoms with E-state index in [0.717, 1.165) is 12.3 Å². The van der Waals surface area contributed by atoms with Crippen LogP contribution in [0.5, 0.6) is 5.75 Å². The van der Waals surface area contributed by atoms with Crippen molar-refractivity contribution < 1.29 is 14.3 Å². The minimum absolute atomic E-state index is 0.0000818. The summed E-state index contributed by atoms with van der Waals surface area (Å²) in [6, 6.07) is 12.3. The number of nitriles is 1. The highest BCUT2D eigenvalue weighted by Gasteiger charge is 2.08. The number of phenolic OH excluding ortho intramolecular Hbond substituents is 1. The second kappa shape index (κ2) is 6.30. The summed E-state index contributed by atoms with van der Waals surface area (Å²) in [7, 11) is 0. The average Bonchev–Trinajstić information content (AvgIpc) is 2.51. The molecule has 0 aliphatic rings. The molecule has 0 spiro atoms. The molecule has 0 bridgehead atoms. The standard InChI is InChI=1S/C15H10FN3O2/c16-13-7-10(8-17)6-12(14(13)20)9-18-19-15(21)11-4-2-1-3-5-11/h1-7,9,20H,(H,19,21). The van der Waals surface area contributed by atoms with Crippen LogP contribution in [0.25, 0.3) is 0 Å². The Morgan fingerprint density at radius 1 is 1.33 bits per heavy atom. The highest BCUT2D eigenvalue weighted by atomic mass is 19.1. The first kappa shape index (κ1) is 14.2. The second-order valence-electron chi connectivity index (χ2n) is 4.07. The van der Waals surface area contributed by atoms with Gasteiger partial charge in [-0.3, -0.25) is 4.79 Å². The zero-order valence-corrected chi connectivity index (χ0v) is 10.7. The first-order valence-electron chi connectivity index (χ1n) is 5.93. The summed E-state index contributed by atoms with van der Waals surface area (Å²) < 4.78 is 13.3. The van der Waals surface area contributed by atoms with Crippen molar-refractivity contribution in [3.05, 3.63) is 65.0 Å². The number of rotatable bonds is 3. The van der Waals surface area contributed by atoms with Gasteiger partial charge in [0.05, 0.1) is 17.8 Å². The Balaban J connectivity index is 2.14. The molecule has 0 saturated carbocycles. The van der Waals surface area contributed by atoms with Crippen LogP contribution in [0.3, 0.4) is 0 Å². The number of nitrogens with zero attached hydrogens (tertiary/aromatic N) is 2. The monoisotopic (exact) mass is 283 g/mol. The highest BCUT2D eigenvalue weighted by Crippen LogP contribution is 2.21. The summed E-state index contributed by atoms with van der Waals surface area (Å²) in [6.45, 7) is 0. The van der Waals surface area contributed by atoms with Gasteiger partial charge in [0.1, 0.15) is 0 Å². The van der Waals surface area contributed by atoms with E-state index in [1.54, 1.807) is 36.4 Å². The molecule has 2 N–H and O–H groups in total. The number of hydrogen-bond acceptors (Lipinski definition) is 4. The Hall–Kier alpha value is -3.20. The molecule has 5 nitrogen and oxygen atoms in total. The largest absolute Gasteiger partial charge is 0.504 e. The van der Waals surface area contributed by atoms with E-state index in [-0.39, 0.29) is 11.1 Å². The van der Waals surface area contributed by atoms with Crippen molar-refractivity contribution in [3.8, 4) is 11.8 Å². The predicted octanol–water partition coefficient (Wildman–Crippen LogP) is 2.17. The molecule has 6 heteroatoms. The van der Waals surface area contributed by atoms with Crippen LogP contribution in [-0.2, 0) is 0 Å². The fraction of sp³-hybridized carbons (Fsp3) is 0. The normalized spacial score (nSPS) is 10.3. The molecule has 21 heavy (non-hydrogen) atoms. The first-order valence-corrected chi connectivity index (χ1v) is 5.93. The van der Waals surface area contributed by atoms with Crippen molar-refractivity contribution in [1.29, 1.82) is 5.26 Å². The van der Waals surface area contributed by atoms with Crippen LogP contribution in [0, 0.1) is 17.1 Å². The molecule has 2 aromatic rings. The van der Waals surface area contributed by atoms with Crippen molar-refractivity contribution in [2.45, 2.75) is 0 Å². The zero-order valence-electron chi connectivity index (χ0n) is 10.7. The van der Waals surface area contributed by atoms with Gasteiger partial charge in [-0.15, -0.1) is 0 Å². The third-order valence-electron chi connectivity index (χ3n) is 2.63. The SMILES string of the molecule is N#Cc1cc(F)c(O)c(C=NNC(=O)c2ccccc2)c1. The maximum atomic E-state index is 13.3. The highest BCUT2D eigenvalue weighted by molar-refractivity contribution is 5.95. The predicted molar refractivity (Wildman–Crippen MR) is 74.3 cm³/mol. The lowest BCUT2D eigenvalue weighted by Crippen LogP contribution is -2.17. The van der Waals surface area contributed by atoms with Crippen LogP contribution in [-0.4, -0.2) is 17.2 Å². The zero-order chi connectivity index (χ0) is 15.2. The molecule has 0 aliphatic carbocycles. The molecule has 0 radical (unpaired) electrons. The number of nitrogens with one attached hydrogen (secondary N) is 1. The molecule has 0 heterocycles. The number of aromatic hydroxyl groups is 1. The average molecular weight is 283 g/mol. The van der Waals surface area contributed by atoms with Crippen molar-refractivity contribution >= 4 is 12.1 Å². The van der Waals surface area contributed by atoms with Gasteiger partial charge in [-0.25, -0.2) is 9.82 Å². The van der Waals surface area contributed by atoms with Crippen LogP contribution in [0.15, 0.2) is 47.6 Å². The Kier molecular flexibility index (Phi) is 4.26. The van der Waals surface area contributed by atoms with Crippen molar-refractivity contribution in [3.63, 3.8) is 0 Å². The fourth-order valence-corrected chi connectivity index (χ4v) is 1.60. The van der Waals surface area contributed by atoms with Gasteiger partial charge in [-0.05, 0) is 24.3 Å². The maximum absolute atomic E-state index is 13.3. The lowest BCUT2D eigenvalue weighted by atomic mass is 10.1. The van der Waals surface area contributed by atoms with Crippen LogP contribution >= 0.6 is 0 Å². The van der Waals surface area contributed by atoms with Gasteiger partial charge in [0.25, 0.3) is 5.91 Å². The Bertz CT molecular complexity index is 737. The lowest BCUT2D eigenvalue weighted by molar-refractivity contribution is 0.0955. The lowest BCUT2D eigenvalue weighted by Gasteiger charge is -2.02. The summed E-state index contributed by atoms with van der Waals surface area (Å²) in [4.78, 5) is 11.7. The number of amides is 1. The summed E-state index contributed by atoms with van der Waals surface area (Å²) in [5.74, 6) is -2.00. The summed E-state index contributed by atoms with van der Waals surface area (Å²) >= 11 is 0. The number of carbonyl (C=O) groups is 1. The van der Waals surface area contributed by atoms with E-state index in [1.807, 2.05) is 0 Å². The van der Waals surface area contributed by atoms with E-state index >= 15 is 0 Å². The minimum atomic E-state index is -0.926. The van der Waals surface area contributed by atoms with Gasteiger partial charge >= 0.3 is 0 Å². The van der Waals surface area contributed by atoms with Crippen LogP contribution < -0.4 is 5.43 Å². The molecule has 0 aliphatic heterocycles. The molecule has 104 valence electrons. The molecule has 0 aromatic heterocycles. The topological polar surface area (TPSA) is 85.5 Å². The molecular weight excluding hydrogens is 273 g/mol. The third-order valence-corrected chi connectivity index (χ3v) is 2.63. The quantitative estimate of drug-likeness (QED) is 0.668. The maximum Gasteiger partial charge on any atom is 0.271 e. The van der Waals surface area contributed by atoms with E-state index in [1.165, 1.54) is 6.07 Å². The van der Waals surface area contributed by atoms with Gasteiger partial charge < -0.3 is 5.11 Å². The molecule has 0 atom stereocenters. The summed E-state index contributed by atoms with van der Waals surface area (Å²) in [5.41, 5.74) is 2.70. The van der Waals surface area contributed by atoms with E-state index in [2.05, 4.69) is 10.5 Å². The van der Waals surface area contributed by atoms with Crippen molar-refractivity contribution in [1.82, 2.24) is 5.43 Å². The van der Waals surface area contributed by atoms with Crippen LogP contribution in [0.2, 0.25) is 0 Å². The van der Waals surface area contributed by atoms with E-state index < -0.39 is 17.5 Å². The van der Waals surface area contributed by atoms with Gasteiger partial charge in [0.15, 0.2) is 11.6 Å². The molecule has 0 fully saturated rings. The molecule has 2 rings (SSSR count). The number of hydrazone groups is 1. The van der Waals surface area contributed by atoms with Crippen LogP contribution in [0.4, 0.5) is 4.39 Å². The Labute approximate surface area is 120 Å². The molecule has 2 aromatic carbocycles. The van der Waals surface area contributed by atoms with Gasteiger partial charge in [0.2, 0.25) is 0 Å². The van der Waals surface area contributed by atoms with E-state index in [4.69, 9.17) is 5.26 Å². The number of hydrogen-bond donors (Lipinski definition) is 2. The second-order valence-corrected chi connectivity index (χ2v) is 4.07. The number of phenols is 1. The smallest absolute Gasteiger partial charge is 0.271 e. The first-order chi connectivity index (χ1) is 10.1. The van der Waals surface area contributed by atoms with Gasteiger partial charge in [-0.2, -0.15) is 10.4 Å². The Morgan fingerprint density at radius 2 is 2.05 bits per heavy atom. The number of benzene rings is 2. The summed E-state index contributed by atoms with van der Waals surface area (Å²) in [5, 5.41) is 21.9. The third kappa shape index (κ3) is 3.42. The van der Waals surface area contributed by atoms with Crippen LogP contribution in [0.1, 0.15) is 21.5 Å². The summed E-state index contributed by atoms with van der Waals surface area (Å²) in [6.07, 6.45) is 1.07. The minimum Gasteiger partial charge on any atom is -0.504 e. The van der Waals surface area contributed by atoms with Gasteiger partial charge in [0, 0.05) is 11.1 Å². The number of carbonyl (C=O) groups excluding carboxylic acids is 1. The van der Waals surface area contributed by atoms with E-state index in [9.17, 15) is 14.3 Å². The van der Waals surface area contributed by atoms with E-state index in [0.29, 0.717) is 5.56 Å². The van der Waals surface area contributed by atoms with Crippen molar-refractivity contribution in [2.75, 3.05) is 0 Å². The number of halogens is 1. The molecule has 1 amide bonds.